The van der Waals surface area contributed by atoms with Crippen molar-refractivity contribution in [2.75, 3.05) is 19.7 Å². The van der Waals surface area contributed by atoms with Gasteiger partial charge in [0, 0.05) is 12.6 Å². The summed E-state index contributed by atoms with van der Waals surface area (Å²) in [5.41, 5.74) is -1.23. The fourth-order valence-corrected chi connectivity index (χ4v) is 2.86. The van der Waals surface area contributed by atoms with Gasteiger partial charge in [0.15, 0.2) is 0 Å². The molecule has 2 unspecified atom stereocenters. The SMILES string of the molecule is CCOC(=O)C1CCC(CNCC(=O)OC(C)(C)C)N1C(=O)OC(C)(C)C. The van der Waals surface area contributed by atoms with Crippen LogP contribution in [0.15, 0.2) is 0 Å². The van der Waals surface area contributed by atoms with Crippen LogP contribution in [0.3, 0.4) is 0 Å². The lowest BCUT2D eigenvalue weighted by molar-refractivity contribution is -0.154. The van der Waals surface area contributed by atoms with Gasteiger partial charge in [0.1, 0.15) is 17.2 Å². The molecule has 0 radical (unpaired) electrons. The minimum Gasteiger partial charge on any atom is -0.464 e. The molecular formula is C19H34N2O6. The van der Waals surface area contributed by atoms with Gasteiger partial charge in [-0.15, -0.1) is 0 Å². The standard InChI is InChI=1S/C19H34N2O6/c1-8-25-16(23)14-10-9-13(21(14)17(24)27-19(5,6)7)11-20-12-15(22)26-18(2,3)4/h13-14,20H,8-12H2,1-7H3. The summed E-state index contributed by atoms with van der Waals surface area (Å²) in [5.74, 6) is -0.802. The number of carbonyl (C=O) groups is 3. The van der Waals surface area contributed by atoms with Crippen LogP contribution in [0, 0.1) is 0 Å². The summed E-state index contributed by atoms with van der Waals surface area (Å²) < 4.78 is 15.8. The molecule has 0 spiro atoms. The number of carbonyl (C=O) groups excluding carboxylic acids is 3. The number of esters is 2. The molecule has 0 aromatic heterocycles. The Bertz CT molecular complexity index is 535. The Balaban J connectivity index is 2.74. The third-order valence-corrected chi connectivity index (χ3v) is 3.73. The molecule has 1 heterocycles. The number of nitrogens with zero attached hydrogens (tertiary/aromatic N) is 1. The normalized spacial score (nSPS) is 20.3. The number of likely N-dealkylation sites (tertiary alicyclic amines) is 1. The molecule has 8 heteroatoms. The second-order valence-electron chi connectivity index (χ2n) is 8.60. The Labute approximate surface area is 161 Å². The van der Waals surface area contributed by atoms with Gasteiger partial charge in [-0.25, -0.2) is 9.59 Å². The maximum atomic E-state index is 12.7. The molecule has 1 saturated heterocycles. The van der Waals surface area contributed by atoms with E-state index in [2.05, 4.69) is 5.32 Å². The number of hydrogen-bond donors (Lipinski definition) is 1. The molecule has 1 amide bonds. The molecule has 27 heavy (non-hydrogen) atoms. The smallest absolute Gasteiger partial charge is 0.411 e. The Hall–Kier alpha value is -1.83. The average Bonchev–Trinajstić information content (AvgIpc) is 2.87. The van der Waals surface area contributed by atoms with Gasteiger partial charge < -0.3 is 19.5 Å². The van der Waals surface area contributed by atoms with Gasteiger partial charge >= 0.3 is 18.0 Å². The van der Waals surface area contributed by atoms with Crippen LogP contribution in [0.25, 0.3) is 0 Å². The van der Waals surface area contributed by atoms with Crippen molar-refractivity contribution in [1.82, 2.24) is 10.2 Å². The van der Waals surface area contributed by atoms with Crippen molar-refractivity contribution in [3.63, 3.8) is 0 Å². The van der Waals surface area contributed by atoms with Crippen LogP contribution in [0.2, 0.25) is 0 Å². The first kappa shape index (κ1) is 23.2. The fourth-order valence-electron chi connectivity index (χ4n) is 2.86. The topological polar surface area (TPSA) is 94.2 Å². The molecular weight excluding hydrogens is 352 g/mol. The molecule has 0 bridgehead atoms. The van der Waals surface area contributed by atoms with Crippen molar-refractivity contribution >= 4 is 18.0 Å². The Morgan fingerprint density at radius 3 is 2.11 bits per heavy atom. The van der Waals surface area contributed by atoms with Crippen molar-refractivity contribution in [3.05, 3.63) is 0 Å². The van der Waals surface area contributed by atoms with Crippen LogP contribution in [0.1, 0.15) is 61.3 Å². The number of hydrogen-bond acceptors (Lipinski definition) is 7. The predicted octanol–water partition coefficient (Wildman–Crippen LogP) is 2.25. The van der Waals surface area contributed by atoms with Gasteiger partial charge in [-0.05, 0) is 61.3 Å². The maximum Gasteiger partial charge on any atom is 0.411 e. The number of nitrogens with one attached hydrogen (secondary N) is 1. The highest BCUT2D eigenvalue weighted by Gasteiger charge is 2.43. The lowest BCUT2D eigenvalue weighted by Gasteiger charge is -2.31. The van der Waals surface area contributed by atoms with Crippen LogP contribution >= 0.6 is 0 Å². The number of rotatable bonds is 6. The van der Waals surface area contributed by atoms with E-state index in [-0.39, 0.29) is 25.2 Å². The largest absolute Gasteiger partial charge is 0.464 e. The second kappa shape index (κ2) is 9.39. The van der Waals surface area contributed by atoms with Gasteiger partial charge in [0.05, 0.1) is 13.2 Å². The van der Waals surface area contributed by atoms with Crippen LogP contribution in [0.4, 0.5) is 4.79 Å². The number of ether oxygens (including phenoxy) is 3. The minimum atomic E-state index is -0.673. The van der Waals surface area contributed by atoms with E-state index in [9.17, 15) is 14.4 Å². The van der Waals surface area contributed by atoms with E-state index in [1.807, 2.05) is 0 Å². The quantitative estimate of drug-likeness (QED) is 0.553. The molecule has 0 aromatic carbocycles. The summed E-state index contributed by atoms with van der Waals surface area (Å²) in [5, 5.41) is 3.01. The highest BCUT2D eigenvalue weighted by Crippen LogP contribution is 2.27. The Morgan fingerprint density at radius 1 is 1.00 bits per heavy atom. The molecule has 2 atom stereocenters. The first-order valence-corrected chi connectivity index (χ1v) is 9.44. The monoisotopic (exact) mass is 386 g/mol. The Kier molecular flexibility index (Phi) is 8.07. The molecule has 1 fully saturated rings. The van der Waals surface area contributed by atoms with Crippen LogP contribution in [-0.4, -0.2) is 65.9 Å². The highest BCUT2D eigenvalue weighted by atomic mass is 16.6. The fraction of sp³-hybridized carbons (Fsp3) is 0.842. The summed E-state index contributed by atoms with van der Waals surface area (Å²) in [4.78, 5) is 38.2. The lowest BCUT2D eigenvalue weighted by Crippen LogP contribution is -2.50. The van der Waals surface area contributed by atoms with E-state index in [1.54, 1.807) is 48.5 Å². The zero-order valence-corrected chi connectivity index (χ0v) is 17.6. The molecule has 1 rings (SSSR count). The molecule has 0 aliphatic carbocycles. The molecule has 1 N–H and O–H groups in total. The van der Waals surface area contributed by atoms with Crippen molar-refractivity contribution in [2.24, 2.45) is 0 Å². The zero-order valence-electron chi connectivity index (χ0n) is 17.6. The van der Waals surface area contributed by atoms with Crippen molar-refractivity contribution < 1.29 is 28.6 Å². The van der Waals surface area contributed by atoms with Crippen molar-refractivity contribution in [1.29, 1.82) is 0 Å². The van der Waals surface area contributed by atoms with E-state index >= 15 is 0 Å². The Morgan fingerprint density at radius 2 is 1.59 bits per heavy atom. The van der Waals surface area contributed by atoms with E-state index in [4.69, 9.17) is 14.2 Å². The third-order valence-electron chi connectivity index (χ3n) is 3.73. The van der Waals surface area contributed by atoms with Crippen LogP contribution in [-0.2, 0) is 23.8 Å². The van der Waals surface area contributed by atoms with Gasteiger partial charge in [-0.2, -0.15) is 0 Å². The molecule has 0 aromatic rings. The number of amides is 1. The minimum absolute atomic E-state index is 0.0278. The molecule has 1 aliphatic rings. The van der Waals surface area contributed by atoms with Gasteiger partial charge in [-0.3, -0.25) is 9.69 Å². The predicted molar refractivity (Wildman–Crippen MR) is 100 cm³/mol. The van der Waals surface area contributed by atoms with Crippen LogP contribution < -0.4 is 5.32 Å². The summed E-state index contributed by atoms with van der Waals surface area (Å²) in [6.45, 7) is 13.1. The van der Waals surface area contributed by atoms with E-state index < -0.39 is 29.3 Å². The molecule has 8 nitrogen and oxygen atoms in total. The van der Waals surface area contributed by atoms with Crippen LogP contribution in [0.5, 0.6) is 0 Å². The molecule has 156 valence electrons. The zero-order chi connectivity index (χ0) is 20.8. The first-order chi connectivity index (χ1) is 12.3. The molecule has 1 aliphatic heterocycles. The summed E-state index contributed by atoms with van der Waals surface area (Å²) in [6.07, 6.45) is 0.558. The van der Waals surface area contributed by atoms with E-state index in [0.717, 1.165) is 0 Å². The van der Waals surface area contributed by atoms with Gasteiger partial charge in [0.25, 0.3) is 0 Å². The third kappa shape index (κ3) is 8.15. The first-order valence-electron chi connectivity index (χ1n) is 9.44. The maximum absolute atomic E-state index is 12.7. The van der Waals surface area contributed by atoms with Crippen molar-refractivity contribution in [2.45, 2.75) is 84.6 Å². The summed E-state index contributed by atoms with van der Waals surface area (Å²) in [6, 6.07) is -0.940. The van der Waals surface area contributed by atoms with Gasteiger partial charge in [0.2, 0.25) is 0 Å². The lowest BCUT2D eigenvalue weighted by atomic mass is 10.2. The molecule has 0 saturated carbocycles. The van der Waals surface area contributed by atoms with E-state index in [1.165, 1.54) is 4.90 Å². The van der Waals surface area contributed by atoms with Crippen molar-refractivity contribution in [3.8, 4) is 0 Å². The van der Waals surface area contributed by atoms with E-state index in [0.29, 0.717) is 19.4 Å². The average molecular weight is 386 g/mol. The highest BCUT2D eigenvalue weighted by molar-refractivity contribution is 5.82. The second-order valence-corrected chi connectivity index (χ2v) is 8.60. The van der Waals surface area contributed by atoms with Gasteiger partial charge in [-0.1, -0.05) is 0 Å². The summed E-state index contributed by atoms with van der Waals surface area (Å²) >= 11 is 0. The summed E-state index contributed by atoms with van der Waals surface area (Å²) in [7, 11) is 0.